The second-order valence-electron chi connectivity index (χ2n) is 6.71. The van der Waals surface area contributed by atoms with Gasteiger partial charge in [0.05, 0.1) is 19.8 Å². The number of anilines is 1. The lowest BCUT2D eigenvalue weighted by atomic mass is 9.98. The average Bonchev–Trinajstić information content (AvgIpc) is 2.77. The molecule has 0 radical (unpaired) electrons. The largest absolute Gasteiger partial charge is 0.493 e. The van der Waals surface area contributed by atoms with Crippen molar-refractivity contribution in [2.75, 3.05) is 31.9 Å². The Kier molecular flexibility index (Phi) is 5.83. The number of fused-ring (bicyclic) bond motifs is 1. The molecule has 0 spiro atoms. The molecule has 1 aliphatic rings. The highest BCUT2D eigenvalue weighted by Crippen LogP contribution is 2.39. The Morgan fingerprint density at radius 3 is 2.34 bits per heavy atom. The number of rotatable bonds is 5. The number of thioether (sulfide) groups is 1. The van der Waals surface area contributed by atoms with Gasteiger partial charge in [0.25, 0.3) is 0 Å². The van der Waals surface area contributed by atoms with E-state index in [0.29, 0.717) is 10.3 Å². The van der Waals surface area contributed by atoms with Crippen molar-refractivity contribution in [2.24, 2.45) is 0 Å². The number of hydrogen-bond acceptors (Lipinski definition) is 6. The normalized spacial score (nSPS) is 13.2. The van der Waals surface area contributed by atoms with Crippen molar-refractivity contribution >= 4 is 29.2 Å². The second-order valence-corrected chi connectivity index (χ2v) is 7.84. The molecule has 5 nitrogen and oxygen atoms in total. The van der Waals surface area contributed by atoms with Crippen molar-refractivity contribution in [1.82, 2.24) is 9.97 Å². The SMILES string of the molecule is COc1cc2c(cc1OC)CN(c1nc(SC)nc(Cl)c1-c1ccccc1)CC2. The molecule has 150 valence electrons. The lowest BCUT2D eigenvalue weighted by Crippen LogP contribution is -2.32. The Hall–Kier alpha value is -2.44. The van der Waals surface area contributed by atoms with Crippen molar-refractivity contribution < 1.29 is 9.47 Å². The maximum atomic E-state index is 6.63. The third-order valence-electron chi connectivity index (χ3n) is 5.09. The molecular formula is C22H22ClN3O2S. The summed E-state index contributed by atoms with van der Waals surface area (Å²) in [4.78, 5) is 11.6. The van der Waals surface area contributed by atoms with Crippen molar-refractivity contribution in [3.8, 4) is 22.6 Å². The highest BCUT2D eigenvalue weighted by Gasteiger charge is 2.25. The fourth-order valence-corrected chi connectivity index (χ4v) is 4.32. The topological polar surface area (TPSA) is 47.5 Å². The van der Waals surface area contributed by atoms with Crippen LogP contribution in [0.25, 0.3) is 11.1 Å². The number of hydrogen-bond donors (Lipinski definition) is 0. The molecular weight excluding hydrogens is 406 g/mol. The van der Waals surface area contributed by atoms with E-state index in [0.717, 1.165) is 48.0 Å². The Morgan fingerprint density at radius 2 is 1.69 bits per heavy atom. The van der Waals surface area contributed by atoms with Crippen LogP contribution < -0.4 is 14.4 Å². The molecule has 0 atom stereocenters. The fourth-order valence-electron chi connectivity index (χ4n) is 3.64. The van der Waals surface area contributed by atoms with Crippen molar-refractivity contribution in [3.05, 3.63) is 58.7 Å². The molecule has 0 fully saturated rings. The van der Waals surface area contributed by atoms with E-state index in [9.17, 15) is 0 Å². The first-order valence-electron chi connectivity index (χ1n) is 9.30. The summed E-state index contributed by atoms with van der Waals surface area (Å²) in [7, 11) is 3.33. The summed E-state index contributed by atoms with van der Waals surface area (Å²) in [5, 5.41) is 1.14. The smallest absolute Gasteiger partial charge is 0.190 e. The summed E-state index contributed by atoms with van der Waals surface area (Å²) in [5.41, 5.74) is 4.35. The van der Waals surface area contributed by atoms with Crippen LogP contribution in [0.3, 0.4) is 0 Å². The molecule has 2 heterocycles. The van der Waals surface area contributed by atoms with E-state index in [4.69, 9.17) is 26.1 Å². The monoisotopic (exact) mass is 427 g/mol. The second kappa shape index (κ2) is 8.51. The summed E-state index contributed by atoms with van der Waals surface area (Å²) in [6, 6.07) is 14.2. The predicted octanol–water partition coefficient (Wildman–Crippen LogP) is 5.10. The van der Waals surface area contributed by atoms with Crippen molar-refractivity contribution in [2.45, 2.75) is 18.1 Å². The number of halogens is 1. The van der Waals surface area contributed by atoms with Gasteiger partial charge in [-0.05, 0) is 41.5 Å². The minimum absolute atomic E-state index is 0.476. The van der Waals surface area contributed by atoms with Gasteiger partial charge in [-0.1, -0.05) is 53.7 Å². The van der Waals surface area contributed by atoms with Gasteiger partial charge in [0.1, 0.15) is 11.0 Å². The molecule has 0 N–H and O–H groups in total. The number of aromatic nitrogens is 2. The minimum atomic E-state index is 0.476. The first kappa shape index (κ1) is 19.9. The van der Waals surface area contributed by atoms with Crippen LogP contribution in [0.15, 0.2) is 47.6 Å². The van der Waals surface area contributed by atoms with Crippen LogP contribution in [0.1, 0.15) is 11.1 Å². The van der Waals surface area contributed by atoms with Crippen LogP contribution in [-0.4, -0.2) is 37.0 Å². The van der Waals surface area contributed by atoms with E-state index < -0.39 is 0 Å². The first-order valence-corrected chi connectivity index (χ1v) is 10.9. The molecule has 4 rings (SSSR count). The van der Waals surface area contributed by atoms with Gasteiger partial charge in [-0.3, -0.25) is 0 Å². The van der Waals surface area contributed by atoms with Crippen LogP contribution in [0.4, 0.5) is 5.82 Å². The Morgan fingerprint density at radius 1 is 1.00 bits per heavy atom. The summed E-state index contributed by atoms with van der Waals surface area (Å²) >= 11 is 8.12. The van der Waals surface area contributed by atoms with E-state index in [1.165, 1.54) is 22.9 Å². The molecule has 0 aliphatic carbocycles. The van der Waals surface area contributed by atoms with E-state index >= 15 is 0 Å². The summed E-state index contributed by atoms with van der Waals surface area (Å²) < 4.78 is 11.0. The van der Waals surface area contributed by atoms with Crippen LogP contribution in [0.2, 0.25) is 5.15 Å². The van der Waals surface area contributed by atoms with Crippen LogP contribution in [0, 0.1) is 0 Å². The summed E-state index contributed by atoms with van der Waals surface area (Å²) in [5.74, 6) is 2.36. The van der Waals surface area contributed by atoms with E-state index in [1.807, 2.05) is 36.6 Å². The predicted molar refractivity (Wildman–Crippen MR) is 119 cm³/mol. The maximum Gasteiger partial charge on any atom is 0.190 e. The molecule has 2 aromatic carbocycles. The number of benzene rings is 2. The first-order chi connectivity index (χ1) is 14.1. The third kappa shape index (κ3) is 3.87. The molecule has 29 heavy (non-hydrogen) atoms. The zero-order valence-electron chi connectivity index (χ0n) is 16.6. The molecule has 7 heteroatoms. The van der Waals surface area contributed by atoms with Gasteiger partial charge in [-0.15, -0.1) is 0 Å². The van der Waals surface area contributed by atoms with Crippen molar-refractivity contribution in [1.29, 1.82) is 0 Å². The number of nitrogens with zero attached hydrogens (tertiary/aromatic N) is 3. The molecule has 0 amide bonds. The lowest BCUT2D eigenvalue weighted by Gasteiger charge is -2.32. The van der Waals surface area contributed by atoms with E-state index in [1.54, 1.807) is 14.2 Å². The fraction of sp³-hybridized carbons (Fsp3) is 0.273. The average molecular weight is 428 g/mol. The Labute approximate surface area is 180 Å². The van der Waals surface area contributed by atoms with Crippen LogP contribution in [0.5, 0.6) is 11.5 Å². The molecule has 0 bridgehead atoms. The quantitative estimate of drug-likeness (QED) is 0.321. The molecule has 0 saturated heterocycles. The molecule has 0 unspecified atom stereocenters. The van der Waals surface area contributed by atoms with Gasteiger partial charge in [0.15, 0.2) is 16.7 Å². The van der Waals surface area contributed by atoms with Gasteiger partial charge in [0.2, 0.25) is 0 Å². The zero-order valence-corrected chi connectivity index (χ0v) is 18.2. The van der Waals surface area contributed by atoms with Crippen LogP contribution in [-0.2, 0) is 13.0 Å². The lowest BCUT2D eigenvalue weighted by molar-refractivity contribution is 0.353. The standard InChI is InChI=1S/C22H22ClN3O2S/c1-27-17-11-15-9-10-26(13-16(15)12-18(17)28-2)21-19(14-7-5-4-6-8-14)20(23)24-22(25-21)29-3/h4-8,11-12H,9-10,13H2,1-3H3. The summed E-state index contributed by atoms with van der Waals surface area (Å²) in [6.07, 6.45) is 2.85. The highest BCUT2D eigenvalue weighted by molar-refractivity contribution is 7.98. The van der Waals surface area contributed by atoms with Gasteiger partial charge in [-0.25, -0.2) is 9.97 Å². The van der Waals surface area contributed by atoms with Gasteiger partial charge in [0, 0.05) is 13.1 Å². The number of methoxy groups -OCH3 is 2. The highest BCUT2D eigenvalue weighted by atomic mass is 35.5. The van der Waals surface area contributed by atoms with E-state index in [-0.39, 0.29) is 0 Å². The summed E-state index contributed by atoms with van der Waals surface area (Å²) in [6.45, 7) is 1.56. The molecule has 3 aromatic rings. The maximum absolute atomic E-state index is 6.63. The zero-order chi connectivity index (χ0) is 20.4. The molecule has 0 saturated carbocycles. The Balaban J connectivity index is 1.79. The third-order valence-corrected chi connectivity index (χ3v) is 5.91. The van der Waals surface area contributed by atoms with E-state index in [2.05, 4.69) is 22.0 Å². The van der Waals surface area contributed by atoms with Crippen molar-refractivity contribution in [3.63, 3.8) is 0 Å². The molecule has 1 aliphatic heterocycles. The van der Waals surface area contributed by atoms with Gasteiger partial charge < -0.3 is 14.4 Å². The van der Waals surface area contributed by atoms with Gasteiger partial charge in [-0.2, -0.15) is 0 Å². The Bertz CT molecular complexity index is 1030. The molecule has 1 aromatic heterocycles. The number of ether oxygens (including phenoxy) is 2. The van der Waals surface area contributed by atoms with Crippen LogP contribution >= 0.6 is 23.4 Å². The van der Waals surface area contributed by atoms with Gasteiger partial charge >= 0.3 is 0 Å². The minimum Gasteiger partial charge on any atom is -0.493 e.